The largest absolute Gasteiger partial charge is 0.313 e. The number of halogens is 2. The minimum Gasteiger partial charge on any atom is -0.313 e. The Morgan fingerprint density at radius 2 is 2.00 bits per heavy atom. The molecule has 1 aromatic rings. The van der Waals surface area contributed by atoms with Crippen LogP contribution in [-0.4, -0.2) is 31.1 Å². The summed E-state index contributed by atoms with van der Waals surface area (Å²) in [6.07, 6.45) is 3.83. The average Bonchev–Trinajstić information content (AvgIpc) is 2.80. The van der Waals surface area contributed by atoms with E-state index in [1.165, 1.54) is 38.1 Å². The van der Waals surface area contributed by atoms with Crippen molar-refractivity contribution < 1.29 is 4.39 Å². The van der Waals surface area contributed by atoms with E-state index >= 15 is 0 Å². The number of likely N-dealkylation sites (tertiary alicyclic amines) is 1. The van der Waals surface area contributed by atoms with Gasteiger partial charge in [-0.2, -0.15) is 0 Å². The van der Waals surface area contributed by atoms with Crippen molar-refractivity contribution in [2.24, 2.45) is 0 Å². The maximum absolute atomic E-state index is 13.1. The summed E-state index contributed by atoms with van der Waals surface area (Å²) < 4.78 is 13.1. The lowest BCUT2D eigenvalue weighted by atomic mass is 10.2. The monoisotopic (exact) mass is 270 g/mol. The standard InChI is InChI=1S/C14H20ClFN2/c15-13-8-12(9-14(16)10-13)11-17-4-3-7-18-5-1-2-6-18/h8-10,17H,1-7,11H2. The van der Waals surface area contributed by atoms with Crippen LogP contribution in [0.25, 0.3) is 0 Å². The van der Waals surface area contributed by atoms with Crippen molar-refractivity contribution in [1.29, 1.82) is 0 Å². The summed E-state index contributed by atoms with van der Waals surface area (Å²) in [5, 5.41) is 3.79. The molecule has 0 radical (unpaired) electrons. The molecule has 1 aliphatic heterocycles. The zero-order chi connectivity index (χ0) is 12.8. The highest BCUT2D eigenvalue weighted by Gasteiger charge is 2.09. The van der Waals surface area contributed by atoms with E-state index in [0.29, 0.717) is 11.6 Å². The molecule has 0 aromatic heterocycles. The number of nitrogens with zero attached hydrogens (tertiary/aromatic N) is 1. The van der Waals surface area contributed by atoms with Gasteiger partial charge in [-0.15, -0.1) is 0 Å². The Labute approximate surface area is 113 Å². The minimum atomic E-state index is -0.267. The Balaban J connectivity index is 1.62. The summed E-state index contributed by atoms with van der Waals surface area (Å²) in [7, 11) is 0. The van der Waals surface area contributed by atoms with Gasteiger partial charge in [-0.25, -0.2) is 4.39 Å². The first kappa shape index (κ1) is 13.8. The zero-order valence-corrected chi connectivity index (χ0v) is 11.3. The second-order valence-electron chi connectivity index (χ2n) is 4.86. The van der Waals surface area contributed by atoms with Gasteiger partial charge >= 0.3 is 0 Å². The van der Waals surface area contributed by atoms with Crippen LogP contribution < -0.4 is 5.32 Å². The predicted octanol–water partition coefficient (Wildman–Crippen LogP) is 3.05. The summed E-state index contributed by atoms with van der Waals surface area (Å²) in [5.74, 6) is -0.267. The third kappa shape index (κ3) is 4.56. The number of benzene rings is 1. The van der Waals surface area contributed by atoms with Gasteiger partial charge in [0.05, 0.1) is 0 Å². The molecule has 1 N–H and O–H groups in total. The molecule has 0 spiro atoms. The number of hydrogen-bond acceptors (Lipinski definition) is 2. The molecule has 2 nitrogen and oxygen atoms in total. The first-order valence-electron chi connectivity index (χ1n) is 6.62. The highest BCUT2D eigenvalue weighted by molar-refractivity contribution is 6.30. The third-order valence-electron chi connectivity index (χ3n) is 3.28. The number of hydrogen-bond donors (Lipinski definition) is 1. The van der Waals surface area contributed by atoms with Crippen molar-refractivity contribution in [1.82, 2.24) is 10.2 Å². The van der Waals surface area contributed by atoms with Crippen LogP contribution in [0.4, 0.5) is 4.39 Å². The fraction of sp³-hybridized carbons (Fsp3) is 0.571. The molecular weight excluding hydrogens is 251 g/mol. The minimum absolute atomic E-state index is 0.267. The van der Waals surface area contributed by atoms with Crippen LogP contribution in [0.5, 0.6) is 0 Å². The summed E-state index contributed by atoms with van der Waals surface area (Å²) in [4.78, 5) is 2.50. The molecule has 2 rings (SSSR count). The number of nitrogens with one attached hydrogen (secondary N) is 1. The molecule has 1 aromatic carbocycles. The van der Waals surface area contributed by atoms with Crippen LogP contribution in [0.1, 0.15) is 24.8 Å². The van der Waals surface area contributed by atoms with Gasteiger partial charge in [0.25, 0.3) is 0 Å². The second kappa shape index (κ2) is 7.07. The van der Waals surface area contributed by atoms with Crippen LogP contribution in [0.15, 0.2) is 18.2 Å². The quantitative estimate of drug-likeness (QED) is 0.800. The van der Waals surface area contributed by atoms with Crippen LogP contribution in [0.2, 0.25) is 5.02 Å². The Bertz CT molecular complexity index is 358. The molecule has 0 saturated carbocycles. The van der Waals surface area contributed by atoms with Crippen LogP contribution in [0, 0.1) is 5.82 Å². The summed E-state index contributed by atoms with van der Waals surface area (Å²) >= 11 is 5.80. The Morgan fingerprint density at radius 3 is 2.72 bits per heavy atom. The van der Waals surface area contributed by atoms with Crippen LogP contribution in [-0.2, 0) is 6.54 Å². The van der Waals surface area contributed by atoms with E-state index in [-0.39, 0.29) is 5.82 Å². The van der Waals surface area contributed by atoms with Crippen LogP contribution in [0.3, 0.4) is 0 Å². The first-order chi connectivity index (χ1) is 8.74. The highest BCUT2D eigenvalue weighted by Crippen LogP contribution is 2.13. The van der Waals surface area contributed by atoms with Crippen LogP contribution >= 0.6 is 11.6 Å². The molecule has 0 unspecified atom stereocenters. The van der Waals surface area contributed by atoms with Gasteiger partial charge in [0.15, 0.2) is 0 Å². The summed E-state index contributed by atoms with van der Waals surface area (Å²) in [6, 6.07) is 4.66. The predicted molar refractivity (Wildman–Crippen MR) is 73.4 cm³/mol. The normalized spacial score (nSPS) is 16.3. The topological polar surface area (TPSA) is 15.3 Å². The highest BCUT2D eigenvalue weighted by atomic mass is 35.5. The van der Waals surface area contributed by atoms with Gasteiger partial charge < -0.3 is 10.2 Å². The molecule has 1 aliphatic rings. The summed E-state index contributed by atoms with van der Waals surface area (Å²) in [5.41, 5.74) is 0.904. The molecule has 0 bridgehead atoms. The molecule has 100 valence electrons. The average molecular weight is 271 g/mol. The molecule has 0 aliphatic carbocycles. The van der Waals surface area contributed by atoms with Crippen molar-refractivity contribution >= 4 is 11.6 Å². The first-order valence-corrected chi connectivity index (χ1v) is 7.00. The molecule has 18 heavy (non-hydrogen) atoms. The Kier molecular flexibility index (Phi) is 5.42. The Hall–Kier alpha value is -0.640. The van der Waals surface area contributed by atoms with Crippen molar-refractivity contribution in [2.75, 3.05) is 26.2 Å². The second-order valence-corrected chi connectivity index (χ2v) is 5.29. The fourth-order valence-electron chi connectivity index (χ4n) is 2.38. The molecular formula is C14H20ClFN2. The Morgan fingerprint density at radius 1 is 1.22 bits per heavy atom. The van der Waals surface area contributed by atoms with Gasteiger partial charge in [-0.1, -0.05) is 11.6 Å². The van der Waals surface area contributed by atoms with Gasteiger partial charge in [0.2, 0.25) is 0 Å². The van der Waals surface area contributed by atoms with Crippen molar-refractivity contribution in [3.8, 4) is 0 Å². The van der Waals surface area contributed by atoms with E-state index in [1.54, 1.807) is 6.07 Å². The van der Waals surface area contributed by atoms with Crippen molar-refractivity contribution in [3.05, 3.63) is 34.6 Å². The van der Waals surface area contributed by atoms with E-state index < -0.39 is 0 Å². The molecule has 0 amide bonds. The van der Waals surface area contributed by atoms with Gasteiger partial charge in [0.1, 0.15) is 5.82 Å². The van der Waals surface area contributed by atoms with E-state index in [0.717, 1.165) is 25.1 Å². The zero-order valence-electron chi connectivity index (χ0n) is 10.6. The van der Waals surface area contributed by atoms with Crippen molar-refractivity contribution in [2.45, 2.75) is 25.8 Å². The van der Waals surface area contributed by atoms with E-state index in [1.807, 2.05) is 0 Å². The smallest absolute Gasteiger partial charge is 0.125 e. The van der Waals surface area contributed by atoms with Gasteiger partial charge in [-0.05, 0) is 69.2 Å². The molecule has 4 heteroatoms. The van der Waals surface area contributed by atoms with E-state index in [4.69, 9.17) is 11.6 Å². The van der Waals surface area contributed by atoms with E-state index in [2.05, 4.69) is 10.2 Å². The van der Waals surface area contributed by atoms with Crippen molar-refractivity contribution in [3.63, 3.8) is 0 Å². The lowest BCUT2D eigenvalue weighted by molar-refractivity contribution is 0.331. The van der Waals surface area contributed by atoms with Gasteiger partial charge in [0, 0.05) is 11.6 Å². The maximum atomic E-state index is 13.1. The van der Waals surface area contributed by atoms with E-state index in [9.17, 15) is 4.39 Å². The molecule has 1 saturated heterocycles. The summed E-state index contributed by atoms with van der Waals surface area (Å²) in [6.45, 7) is 5.30. The fourth-order valence-corrected chi connectivity index (χ4v) is 2.62. The maximum Gasteiger partial charge on any atom is 0.125 e. The molecule has 1 fully saturated rings. The number of rotatable bonds is 6. The SMILES string of the molecule is Fc1cc(Cl)cc(CNCCCN2CCCC2)c1. The third-order valence-corrected chi connectivity index (χ3v) is 3.50. The lowest BCUT2D eigenvalue weighted by Gasteiger charge is -2.14. The lowest BCUT2D eigenvalue weighted by Crippen LogP contribution is -2.24. The van der Waals surface area contributed by atoms with Gasteiger partial charge in [-0.3, -0.25) is 0 Å². The molecule has 0 atom stereocenters. The molecule has 1 heterocycles.